The molecule has 1 unspecified atom stereocenters. The smallest absolute Gasteiger partial charge is 0.307 e. The number of methoxy groups -OCH3 is 2. The summed E-state index contributed by atoms with van der Waals surface area (Å²) in [4.78, 5) is 24.1. The molecule has 1 atom stereocenters. The number of carbonyl (C=O) groups is 2. The first-order valence-electron chi connectivity index (χ1n) is 8.77. The second kappa shape index (κ2) is 8.90. The predicted octanol–water partition coefficient (Wildman–Crippen LogP) is 3.88. The lowest BCUT2D eigenvalue weighted by atomic mass is 10.0. The molecule has 3 rings (SSSR count). The quantitative estimate of drug-likeness (QED) is 0.498. The highest BCUT2D eigenvalue weighted by molar-refractivity contribution is 5.92. The molecule has 0 aliphatic heterocycles. The number of esters is 1. The van der Waals surface area contributed by atoms with Gasteiger partial charge in [0, 0.05) is 11.5 Å². The maximum atomic E-state index is 12.4. The maximum Gasteiger partial charge on any atom is 0.307 e. The number of carbonyl (C=O) groups excluding carboxylic acids is 2. The number of amides is 1. The minimum atomic E-state index is -0.522. The summed E-state index contributed by atoms with van der Waals surface area (Å²) >= 11 is 0. The summed E-state index contributed by atoms with van der Waals surface area (Å²) in [5.41, 5.74) is 1.53. The minimum absolute atomic E-state index is 0.0209. The van der Waals surface area contributed by atoms with Gasteiger partial charge in [-0.2, -0.15) is 0 Å². The Labute approximate surface area is 162 Å². The van der Waals surface area contributed by atoms with Crippen LogP contribution in [0.2, 0.25) is 0 Å². The SMILES string of the molecule is COC(=O)CC(NC(=O)/C=C/c1cc2ccccc2o1)c1ccc(OC)cc1. The molecule has 3 aromatic rings. The number of furan rings is 1. The molecular formula is C22H21NO5. The van der Waals surface area contributed by atoms with Crippen molar-refractivity contribution in [3.8, 4) is 5.75 Å². The van der Waals surface area contributed by atoms with Crippen molar-refractivity contribution >= 4 is 28.9 Å². The zero-order valence-electron chi connectivity index (χ0n) is 15.7. The Morgan fingerprint density at radius 1 is 1.11 bits per heavy atom. The molecule has 0 saturated heterocycles. The molecule has 1 heterocycles. The molecule has 0 radical (unpaired) electrons. The second-order valence-electron chi connectivity index (χ2n) is 6.13. The highest BCUT2D eigenvalue weighted by Gasteiger charge is 2.18. The molecule has 0 fully saturated rings. The normalized spacial score (nSPS) is 12.1. The molecule has 6 heteroatoms. The van der Waals surface area contributed by atoms with Crippen LogP contribution < -0.4 is 10.1 Å². The number of fused-ring (bicyclic) bond motifs is 1. The molecule has 0 aliphatic carbocycles. The van der Waals surface area contributed by atoms with E-state index in [4.69, 9.17) is 13.9 Å². The molecule has 2 aromatic carbocycles. The van der Waals surface area contributed by atoms with E-state index in [1.54, 1.807) is 37.5 Å². The second-order valence-corrected chi connectivity index (χ2v) is 6.13. The van der Waals surface area contributed by atoms with Crippen LogP contribution in [0, 0.1) is 0 Å². The van der Waals surface area contributed by atoms with Gasteiger partial charge in [0.15, 0.2) is 0 Å². The van der Waals surface area contributed by atoms with Gasteiger partial charge in [-0.3, -0.25) is 9.59 Å². The van der Waals surface area contributed by atoms with E-state index in [2.05, 4.69) is 5.32 Å². The summed E-state index contributed by atoms with van der Waals surface area (Å²) in [7, 11) is 2.89. The molecule has 1 amide bonds. The van der Waals surface area contributed by atoms with Crippen molar-refractivity contribution in [3.63, 3.8) is 0 Å². The summed E-state index contributed by atoms with van der Waals surface area (Å²) in [5.74, 6) is 0.509. The van der Waals surface area contributed by atoms with Crippen LogP contribution in [0.15, 0.2) is 65.1 Å². The van der Waals surface area contributed by atoms with Crippen LogP contribution in [0.4, 0.5) is 0 Å². The van der Waals surface area contributed by atoms with E-state index in [1.165, 1.54) is 13.2 Å². The van der Waals surface area contributed by atoms with Crippen molar-refractivity contribution in [2.24, 2.45) is 0 Å². The molecule has 1 N–H and O–H groups in total. The van der Waals surface area contributed by atoms with Crippen LogP contribution in [0.1, 0.15) is 23.8 Å². The van der Waals surface area contributed by atoms with Crippen molar-refractivity contribution < 1.29 is 23.5 Å². The molecule has 0 bridgehead atoms. The fourth-order valence-corrected chi connectivity index (χ4v) is 2.80. The lowest BCUT2D eigenvalue weighted by molar-refractivity contribution is -0.141. The summed E-state index contributed by atoms with van der Waals surface area (Å²) < 4.78 is 15.5. The van der Waals surface area contributed by atoms with Gasteiger partial charge in [0.1, 0.15) is 17.1 Å². The Morgan fingerprint density at radius 3 is 2.54 bits per heavy atom. The van der Waals surface area contributed by atoms with Crippen molar-refractivity contribution in [1.82, 2.24) is 5.32 Å². The van der Waals surface area contributed by atoms with Crippen LogP contribution in [0.5, 0.6) is 5.75 Å². The average molecular weight is 379 g/mol. The van der Waals surface area contributed by atoms with Crippen LogP contribution >= 0.6 is 0 Å². The predicted molar refractivity (Wildman–Crippen MR) is 106 cm³/mol. The maximum absolute atomic E-state index is 12.4. The van der Waals surface area contributed by atoms with E-state index in [9.17, 15) is 9.59 Å². The van der Waals surface area contributed by atoms with Crippen molar-refractivity contribution in [2.45, 2.75) is 12.5 Å². The zero-order valence-corrected chi connectivity index (χ0v) is 15.7. The van der Waals surface area contributed by atoms with Crippen molar-refractivity contribution in [1.29, 1.82) is 0 Å². The van der Waals surface area contributed by atoms with E-state index >= 15 is 0 Å². The molecule has 0 aliphatic rings. The number of nitrogens with one attached hydrogen (secondary N) is 1. The summed E-state index contributed by atoms with van der Waals surface area (Å²) in [5, 5.41) is 3.79. The molecule has 6 nitrogen and oxygen atoms in total. The molecule has 28 heavy (non-hydrogen) atoms. The third-order valence-corrected chi connectivity index (χ3v) is 4.28. The van der Waals surface area contributed by atoms with Gasteiger partial charge in [0.2, 0.25) is 5.91 Å². The fraction of sp³-hybridized carbons (Fsp3) is 0.182. The highest BCUT2D eigenvalue weighted by atomic mass is 16.5. The Balaban J connectivity index is 1.72. The van der Waals surface area contributed by atoms with Crippen LogP contribution in [0.25, 0.3) is 17.0 Å². The van der Waals surface area contributed by atoms with Gasteiger partial charge >= 0.3 is 5.97 Å². The first-order chi connectivity index (χ1) is 13.6. The van der Waals surface area contributed by atoms with Gasteiger partial charge in [-0.05, 0) is 35.9 Å². The average Bonchev–Trinajstić information content (AvgIpc) is 3.15. The van der Waals surface area contributed by atoms with Crippen LogP contribution in [0.3, 0.4) is 0 Å². The summed E-state index contributed by atoms with van der Waals surface area (Å²) in [6.45, 7) is 0. The molecular weight excluding hydrogens is 358 g/mol. The van der Waals surface area contributed by atoms with E-state index in [-0.39, 0.29) is 12.3 Å². The lowest BCUT2D eigenvalue weighted by Crippen LogP contribution is -2.29. The third kappa shape index (κ3) is 4.79. The number of hydrogen-bond donors (Lipinski definition) is 1. The van der Waals surface area contributed by atoms with Crippen molar-refractivity contribution in [2.75, 3.05) is 14.2 Å². The number of hydrogen-bond acceptors (Lipinski definition) is 5. The summed E-state index contributed by atoms with van der Waals surface area (Å²) in [6, 6.07) is 16.1. The van der Waals surface area contributed by atoms with E-state index < -0.39 is 12.0 Å². The third-order valence-electron chi connectivity index (χ3n) is 4.28. The number of rotatable bonds is 7. The Hall–Kier alpha value is -3.54. The number of ether oxygens (including phenoxy) is 2. The standard InChI is InChI=1S/C22H21NO5/c1-26-17-9-7-15(8-10-17)19(14-22(25)27-2)23-21(24)12-11-18-13-16-5-3-4-6-20(16)28-18/h3-13,19H,14H2,1-2H3,(H,23,24)/b12-11+. The van der Waals surface area contributed by atoms with E-state index in [0.29, 0.717) is 11.5 Å². The van der Waals surface area contributed by atoms with Gasteiger partial charge in [-0.15, -0.1) is 0 Å². The number of para-hydroxylation sites is 1. The van der Waals surface area contributed by atoms with Crippen LogP contribution in [-0.2, 0) is 14.3 Å². The largest absolute Gasteiger partial charge is 0.497 e. The molecule has 144 valence electrons. The van der Waals surface area contributed by atoms with E-state index in [1.807, 2.05) is 30.3 Å². The Kier molecular flexibility index (Phi) is 6.11. The molecule has 0 saturated carbocycles. The van der Waals surface area contributed by atoms with Gasteiger partial charge in [0.25, 0.3) is 0 Å². The molecule has 1 aromatic heterocycles. The first kappa shape index (κ1) is 19.2. The number of benzene rings is 2. The van der Waals surface area contributed by atoms with Gasteiger partial charge in [-0.1, -0.05) is 30.3 Å². The lowest BCUT2D eigenvalue weighted by Gasteiger charge is -2.17. The van der Waals surface area contributed by atoms with Crippen molar-refractivity contribution in [3.05, 3.63) is 72.0 Å². The minimum Gasteiger partial charge on any atom is -0.497 e. The first-order valence-corrected chi connectivity index (χ1v) is 8.77. The van der Waals surface area contributed by atoms with Gasteiger partial charge in [0.05, 0.1) is 26.7 Å². The van der Waals surface area contributed by atoms with Gasteiger partial charge in [-0.25, -0.2) is 0 Å². The van der Waals surface area contributed by atoms with E-state index in [0.717, 1.165) is 16.5 Å². The Bertz CT molecular complexity index is 955. The van der Waals surface area contributed by atoms with Crippen LogP contribution in [-0.4, -0.2) is 26.1 Å². The van der Waals surface area contributed by atoms with Gasteiger partial charge < -0.3 is 19.2 Å². The summed E-state index contributed by atoms with van der Waals surface area (Å²) in [6.07, 6.45) is 3.00. The topological polar surface area (TPSA) is 77.8 Å². The fourth-order valence-electron chi connectivity index (χ4n) is 2.80. The Morgan fingerprint density at radius 2 is 1.86 bits per heavy atom. The highest BCUT2D eigenvalue weighted by Crippen LogP contribution is 2.22. The molecule has 0 spiro atoms. The zero-order chi connectivity index (χ0) is 19.9. The monoisotopic (exact) mass is 379 g/mol.